The summed E-state index contributed by atoms with van der Waals surface area (Å²) in [4.78, 5) is 26.7. The fraction of sp³-hybridized carbons (Fsp3) is 0.400. The van der Waals surface area contributed by atoms with Gasteiger partial charge in [0.15, 0.2) is 5.96 Å². The molecular formula is C15H21ClN4O3. The van der Waals surface area contributed by atoms with E-state index in [9.17, 15) is 9.59 Å². The summed E-state index contributed by atoms with van der Waals surface area (Å²) in [5.74, 6) is -0.834. The van der Waals surface area contributed by atoms with Crippen LogP contribution in [0.25, 0.3) is 0 Å². The number of benzene rings is 1. The summed E-state index contributed by atoms with van der Waals surface area (Å²) in [5, 5.41) is 17.2. The highest BCUT2D eigenvalue weighted by Gasteiger charge is 2.22. The van der Waals surface area contributed by atoms with Crippen molar-refractivity contribution in [1.29, 1.82) is 0 Å². The number of carbonyl (C=O) groups is 2. The van der Waals surface area contributed by atoms with Crippen molar-refractivity contribution in [3.63, 3.8) is 0 Å². The Morgan fingerprint density at radius 1 is 1.39 bits per heavy atom. The van der Waals surface area contributed by atoms with E-state index in [2.05, 4.69) is 34.8 Å². The van der Waals surface area contributed by atoms with E-state index in [1.54, 1.807) is 18.2 Å². The first kappa shape index (κ1) is 18.8. The molecule has 0 fully saturated rings. The molecule has 0 spiro atoms. The Bertz CT molecular complexity index is 616. The van der Waals surface area contributed by atoms with Crippen molar-refractivity contribution in [1.82, 2.24) is 10.6 Å². The van der Waals surface area contributed by atoms with E-state index < -0.39 is 18.4 Å². The van der Waals surface area contributed by atoms with Gasteiger partial charge in [-0.25, -0.2) is 0 Å². The number of carbonyl (C=O) groups excluding carboxylic acids is 1. The van der Waals surface area contributed by atoms with Crippen LogP contribution in [0.15, 0.2) is 29.3 Å². The second kappa shape index (κ2) is 7.82. The fourth-order valence-electron chi connectivity index (χ4n) is 1.94. The van der Waals surface area contributed by atoms with Crippen molar-refractivity contribution in [3.05, 3.63) is 29.8 Å². The van der Waals surface area contributed by atoms with E-state index in [1.165, 1.54) is 0 Å². The van der Waals surface area contributed by atoms with Gasteiger partial charge < -0.3 is 21.1 Å². The number of aliphatic carboxylic acids is 1. The van der Waals surface area contributed by atoms with Crippen LogP contribution in [-0.4, -0.2) is 42.6 Å². The number of carboxylic acids is 1. The molecule has 126 valence electrons. The van der Waals surface area contributed by atoms with E-state index in [0.717, 1.165) is 13.1 Å². The number of amides is 1. The molecule has 0 atom stereocenters. The van der Waals surface area contributed by atoms with Crippen molar-refractivity contribution in [2.45, 2.75) is 13.8 Å². The molecule has 1 aromatic rings. The normalized spacial score (nSPS) is 15.5. The zero-order valence-corrected chi connectivity index (χ0v) is 13.9. The molecule has 23 heavy (non-hydrogen) atoms. The molecule has 0 saturated carbocycles. The number of rotatable bonds is 4. The molecule has 4 N–H and O–H groups in total. The minimum atomic E-state index is -1.08. The average molecular weight is 341 g/mol. The monoisotopic (exact) mass is 340 g/mol. The van der Waals surface area contributed by atoms with E-state index in [0.29, 0.717) is 17.2 Å². The molecule has 0 radical (unpaired) electrons. The minimum Gasteiger partial charge on any atom is -0.480 e. The molecule has 0 unspecified atom stereocenters. The van der Waals surface area contributed by atoms with Gasteiger partial charge in [-0.05, 0) is 18.2 Å². The van der Waals surface area contributed by atoms with Gasteiger partial charge >= 0.3 is 5.97 Å². The third kappa shape index (κ3) is 5.78. The number of nitrogens with one attached hydrogen (secondary N) is 3. The summed E-state index contributed by atoms with van der Waals surface area (Å²) in [7, 11) is 0. The van der Waals surface area contributed by atoms with Crippen LogP contribution in [0.3, 0.4) is 0 Å². The highest BCUT2D eigenvalue weighted by molar-refractivity contribution is 5.99. The van der Waals surface area contributed by atoms with Crippen LogP contribution in [-0.2, 0) is 4.79 Å². The first-order chi connectivity index (χ1) is 10.4. The van der Waals surface area contributed by atoms with Crippen LogP contribution in [0.4, 0.5) is 5.69 Å². The van der Waals surface area contributed by atoms with Gasteiger partial charge in [0.25, 0.3) is 5.91 Å². The van der Waals surface area contributed by atoms with E-state index in [-0.39, 0.29) is 17.8 Å². The number of aliphatic imine (C=N–C) groups is 1. The Balaban J connectivity index is 0.00000264. The molecule has 2 rings (SSSR count). The van der Waals surface area contributed by atoms with E-state index >= 15 is 0 Å². The summed E-state index contributed by atoms with van der Waals surface area (Å²) in [6, 6.07) is 6.83. The number of anilines is 1. The van der Waals surface area contributed by atoms with Gasteiger partial charge in [0.05, 0.1) is 0 Å². The second-order valence-corrected chi connectivity index (χ2v) is 5.96. The van der Waals surface area contributed by atoms with Crippen molar-refractivity contribution in [2.24, 2.45) is 10.4 Å². The Labute approximate surface area is 141 Å². The van der Waals surface area contributed by atoms with E-state index in [4.69, 9.17) is 5.11 Å². The number of nitrogens with zero attached hydrogens (tertiary/aromatic N) is 1. The Morgan fingerprint density at radius 3 is 2.74 bits per heavy atom. The summed E-state index contributed by atoms with van der Waals surface area (Å²) >= 11 is 0. The van der Waals surface area contributed by atoms with Crippen LogP contribution in [0.5, 0.6) is 0 Å². The van der Waals surface area contributed by atoms with Gasteiger partial charge in [-0.15, -0.1) is 12.4 Å². The standard InChI is InChI=1S/C15H20N4O3.ClH/c1-15(2)8-17-14(18-9-15)19-11-5-3-4-10(6-11)13(22)16-7-12(20)21;/h3-6H,7-9H2,1-2H3,(H,16,22)(H,20,21)(H2,17,18,19);1H. The third-order valence-corrected chi connectivity index (χ3v) is 3.19. The Morgan fingerprint density at radius 2 is 2.13 bits per heavy atom. The molecule has 1 aliphatic heterocycles. The third-order valence-electron chi connectivity index (χ3n) is 3.19. The van der Waals surface area contributed by atoms with Crippen LogP contribution < -0.4 is 16.0 Å². The first-order valence-electron chi connectivity index (χ1n) is 7.01. The molecular weight excluding hydrogens is 320 g/mol. The largest absolute Gasteiger partial charge is 0.480 e. The zero-order valence-electron chi connectivity index (χ0n) is 13.0. The lowest BCUT2D eigenvalue weighted by Crippen LogP contribution is -2.44. The van der Waals surface area contributed by atoms with Crippen LogP contribution in [0, 0.1) is 5.41 Å². The molecule has 1 heterocycles. The molecule has 0 aliphatic carbocycles. The van der Waals surface area contributed by atoms with Gasteiger partial charge in [0, 0.05) is 29.8 Å². The van der Waals surface area contributed by atoms with Gasteiger partial charge in [0.2, 0.25) is 0 Å². The zero-order chi connectivity index (χ0) is 16.2. The van der Waals surface area contributed by atoms with E-state index in [1.807, 2.05) is 6.07 Å². The topological polar surface area (TPSA) is 103 Å². The first-order valence-corrected chi connectivity index (χ1v) is 7.01. The van der Waals surface area contributed by atoms with Gasteiger partial charge in [-0.1, -0.05) is 19.9 Å². The summed E-state index contributed by atoms with van der Waals surface area (Å²) < 4.78 is 0. The maximum atomic E-state index is 11.8. The number of halogens is 1. The van der Waals surface area contributed by atoms with Crippen molar-refractivity contribution >= 4 is 35.9 Å². The summed E-state index contributed by atoms with van der Waals surface area (Å²) in [6.07, 6.45) is 0. The Hall–Kier alpha value is -2.28. The molecule has 0 aromatic heterocycles. The molecule has 0 saturated heterocycles. The van der Waals surface area contributed by atoms with Gasteiger partial charge in [-0.3, -0.25) is 14.6 Å². The van der Waals surface area contributed by atoms with Crippen LogP contribution in [0.1, 0.15) is 24.2 Å². The van der Waals surface area contributed by atoms with Gasteiger partial charge in [0.1, 0.15) is 6.54 Å². The highest BCUT2D eigenvalue weighted by Crippen LogP contribution is 2.17. The van der Waals surface area contributed by atoms with Crippen molar-refractivity contribution in [2.75, 3.05) is 25.0 Å². The predicted molar refractivity (Wildman–Crippen MR) is 91.4 cm³/mol. The second-order valence-electron chi connectivity index (χ2n) is 5.96. The SMILES string of the molecule is CC1(C)CN=C(Nc2cccc(C(=O)NCC(=O)O)c2)NC1.Cl. The number of hydrogen-bond donors (Lipinski definition) is 4. The molecule has 1 amide bonds. The van der Waals surface area contributed by atoms with Crippen molar-refractivity contribution < 1.29 is 14.7 Å². The quantitative estimate of drug-likeness (QED) is 0.662. The molecule has 8 heteroatoms. The Kier molecular flexibility index (Phi) is 6.38. The fourth-order valence-corrected chi connectivity index (χ4v) is 1.94. The number of carboxylic acid groups (broad SMARTS) is 1. The molecule has 1 aliphatic rings. The molecule has 7 nitrogen and oxygen atoms in total. The molecule has 0 bridgehead atoms. The number of guanidine groups is 1. The maximum absolute atomic E-state index is 11.8. The predicted octanol–water partition coefficient (Wildman–Crippen LogP) is 1.32. The van der Waals surface area contributed by atoms with Crippen LogP contribution >= 0.6 is 12.4 Å². The highest BCUT2D eigenvalue weighted by atomic mass is 35.5. The lowest BCUT2D eigenvalue weighted by Gasteiger charge is -2.29. The minimum absolute atomic E-state index is 0. The molecule has 1 aromatic carbocycles. The summed E-state index contributed by atoms with van der Waals surface area (Å²) in [5.41, 5.74) is 1.24. The lowest BCUT2D eigenvalue weighted by molar-refractivity contribution is -0.135. The van der Waals surface area contributed by atoms with Crippen LogP contribution in [0.2, 0.25) is 0 Å². The van der Waals surface area contributed by atoms with Gasteiger partial charge in [-0.2, -0.15) is 0 Å². The smallest absolute Gasteiger partial charge is 0.322 e. The maximum Gasteiger partial charge on any atom is 0.322 e. The van der Waals surface area contributed by atoms with Crippen molar-refractivity contribution in [3.8, 4) is 0 Å². The lowest BCUT2D eigenvalue weighted by atomic mass is 9.93. The summed E-state index contributed by atoms with van der Waals surface area (Å²) in [6.45, 7) is 5.40. The number of hydrogen-bond acceptors (Lipinski definition) is 5. The average Bonchev–Trinajstić information content (AvgIpc) is 2.47.